The Morgan fingerprint density at radius 2 is 1.50 bits per heavy atom. The fourth-order valence-corrected chi connectivity index (χ4v) is 5.29. The third-order valence-corrected chi connectivity index (χ3v) is 6.84. The van der Waals surface area contributed by atoms with Gasteiger partial charge in [-0.2, -0.15) is 0 Å². The Hall–Kier alpha value is -3.37. The lowest BCUT2D eigenvalue weighted by Crippen LogP contribution is -2.43. The molecule has 1 atom stereocenters. The second-order valence-corrected chi connectivity index (χ2v) is 10.1. The highest BCUT2D eigenvalue weighted by atomic mass is 35.5. The predicted octanol–water partition coefficient (Wildman–Crippen LogP) is 7.30. The summed E-state index contributed by atoms with van der Waals surface area (Å²) in [7, 11) is 0. The number of carbonyl (C=O) groups excluding carboxylic acids is 2. The molecule has 0 spiro atoms. The van der Waals surface area contributed by atoms with Crippen molar-refractivity contribution >= 4 is 29.0 Å². The molecule has 0 fully saturated rings. The van der Waals surface area contributed by atoms with Crippen LogP contribution in [0.2, 0.25) is 5.02 Å². The quantitative estimate of drug-likeness (QED) is 0.401. The van der Waals surface area contributed by atoms with E-state index in [9.17, 15) is 9.59 Å². The van der Waals surface area contributed by atoms with Crippen LogP contribution in [-0.4, -0.2) is 11.7 Å². The van der Waals surface area contributed by atoms with Crippen LogP contribution in [0.5, 0.6) is 11.5 Å². The number of allylic oxidation sites excluding steroid dienone is 2. The molecule has 34 heavy (non-hydrogen) atoms. The van der Waals surface area contributed by atoms with E-state index in [0.717, 1.165) is 28.3 Å². The van der Waals surface area contributed by atoms with Gasteiger partial charge in [-0.05, 0) is 59.9 Å². The molecule has 5 rings (SSSR count). The second-order valence-electron chi connectivity index (χ2n) is 9.72. The van der Waals surface area contributed by atoms with Gasteiger partial charge < -0.3 is 4.74 Å². The van der Waals surface area contributed by atoms with E-state index in [2.05, 4.69) is 13.8 Å². The highest BCUT2D eigenvalue weighted by molar-refractivity contribution is 6.31. The third kappa shape index (κ3) is 4.26. The van der Waals surface area contributed by atoms with Crippen LogP contribution in [0, 0.1) is 5.41 Å². The normalized spacial score (nSPS) is 19.7. The van der Waals surface area contributed by atoms with Crippen LogP contribution in [0.15, 0.2) is 90.1 Å². The van der Waals surface area contributed by atoms with Gasteiger partial charge in [0.05, 0.1) is 0 Å². The summed E-state index contributed by atoms with van der Waals surface area (Å²) in [5.41, 5.74) is 2.86. The number of hydrogen-bond acceptors (Lipinski definition) is 3. The first-order valence-electron chi connectivity index (χ1n) is 11.5. The van der Waals surface area contributed by atoms with E-state index in [1.165, 1.54) is 0 Å². The lowest BCUT2D eigenvalue weighted by Gasteiger charge is -2.43. The molecule has 0 aromatic heterocycles. The highest BCUT2D eigenvalue weighted by Gasteiger charge is 2.44. The van der Waals surface area contributed by atoms with Crippen LogP contribution >= 0.6 is 11.6 Å². The number of Topliss-reactive ketones (excluding diaryl/α,β-unsaturated/α-hetero) is 1. The number of rotatable bonds is 4. The van der Waals surface area contributed by atoms with E-state index in [0.29, 0.717) is 23.6 Å². The molecule has 1 aliphatic carbocycles. The summed E-state index contributed by atoms with van der Waals surface area (Å²) < 4.78 is 5.91. The summed E-state index contributed by atoms with van der Waals surface area (Å²) >= 11 is 6.50. The van der Waals surface area contributed by atoms with E-state index in [1.54, 1.807) is 4.90 Å². The molecule has 2 aliphatic rings. The first-order chi connectivity index (χ1) is 16.3. The summed E-state index contributed by atoms with van der Waals surface area (Å²) in [4.78, 5) is 28.7. The minimum atomic E-state index is -0.322. The number of benzene rings is 3. The van der Waals surface area contributed by atoms with Crippen molar-refractivity contribution in [1.82, 2.24) is 0 Å². The van der Waals surface area contributed by atoms with E-state index in [-0.39, 0.29) is 29.4 Å². The summed E-state index contributed by atoms with van der Waals surface area (Å²) in [6.45, 7) is 4.15. The lowest BCUT2D eigenvalue weighted by atomic mass is 9.69. The van der Waals surface area contributed by atoms with Gasteiger partial charge >= 0.3 is 0 Å². The van der Waals surface area contributed by atoms with Crippen LogP contribution in [0.25, 0.3) is 0 Å². The van der Waals surface area contributed by atoms with Gasteiger partial charge in [-0.15, -0.1) is 0 Å². The number of nitrogens with zero attached hydrogens (tertiary/aromatic N) is 1. The molecule has 4 nitrogen and oxygen atoms in total. The minimum absolute atomic E-state index is 0.0362. The summed E-state index contributed by atoms with van der Waals surface area (Å²) in [5.74, 6) is 1.17. The smallest absolute Gasteiger partial charge is 0.232 e. The first-order valence-corrected chi connectivity index (χ1v) is 11.9. The average Bonchev–Trinajstić information content (AvgIpc) is 2.79. The summed E-state index contributed by atoms with van der Waals surface area (Å²) in [6, 6.07) is 24.5. The Balaban J connectivity index is 1.55. The number of ether oxygens (including phenoxy) is 1. The van der Waals surface area contributed by atoms with E-state index < -0.39 is 0 Å². The van der Waals surface area contributed by atoms with Gasteiger partial charge in [-0.25, -0.2) is 0 Å². The molecule has 1 heterocycles. The SMILES string of the molecule is CC1(C)CC(=O)C2=C(C1)N(c1ccc(Oc3ccccc3)cc1)C(=O)CC2c1ccccc1Cl. The number of ketones is 1. The highest BCUT2D eigenvalue weighted by Crippen LogP contribution is 2.49. The van der Waals surface area contributed by atoms with Crippen LogP contribution < -0.4 is 9.64 Å². The van der Waals surface area contributed by atoms with E-state index >= 15 is 0 Å². The van der Waals surface area contributed by atoms with E-state index in [4.69, 9.17) is 16.3 Å². The number of carbonyl (C=O) groups is 2. The zero-order valence-electron chi connectivity index (χ0n) is 19.3. The van der Waals surface area contributed by atoms with Gasteiger partial charge in [0, 0.05) is 40.7 Å². The van der Waals surface area contributed by atoms with Gasteiger partial charge in [-0.3, -0.25) is 14.5 Å². The van der Waals surface area contributed by atoms with Crippen molar-refractivity contribution < 1.29 is 14.3 Å². The molecule has 0 N–H and O–H groups in total. The Morgan fingerprint density at radius 1 is 0.853 bits per heavy atom. The van der Waals surface area contributed by atoms with Crippen molar-refractivity contribution in [1.29, 1.82) is 0 Å². The maximum Gasteiger partial charge on any atom is 0.232 e. The van der Waals surface area contributed by atoms with Crippen LogP contribution in [0.3, 0.4) is 0 Å². The molecule has 1 aliphatic heterocycles. The molecule has 5 heteroatoms. The lowest BCUT2D eigenvalue weighted by molar-refractivity contribution is -0.121. The molecule has 1 amide bonds. The maximum absolute atomic E-state index is 13.5. The van der Waals surface area contributed by atoms with Gasteiger partial charge in [0.1, 0.15) is 11.5 Å². The minimum Gasteiger partial charge on any atom is -0.457 e. The standard InChI is InChI=1S/C29H26ClNO3/c1-29(2)17-25-28(26(32)18-29)23(22-10-6-7-11-24(22)30)16-27(33)31(25)19-12-14-21(15-13-19)34-20-8-4-3-5-9-20/h3-15,23H,16-18H2,1-2H3. The Bertz CT molecular complexity index is 1280. The van der Waals surface area contributed by atoms with Crippen molar-refractivity contribution in [3.8, 4) is 11.5 Å². The van der Waals surface area contributed by atoms with Crippen LogP contribution in [-0.2, 0) is 9.59 Å². The molecule has 1 unspecified atom stereocenters. The molecule has 0 saturated carbocycles. The molecule has 172 valence electrons. The Morgan fingerprint density at radius 3 is 2.21 bits per heavy atom. The molecule has 3 aromatic carbocycles. The monoisotopic (exact) mass is 471 g/mol. The van der Waals surface area contributed by atoms with Crippen molar-refractivity contribution in [2.45, 2.75) is 39.0 Å². The topological polar surface area (TPSA) is 46.6 Å². The van der Waals surface area contributed by atoms with Crippen molar-refractivity contribution in [3.63, 3.8) is 0 Å². The molecular formula is C29H26ClNO3. The van der Waals surface area contributed by atoms with E-state index in [1.807, 2.05) is 78.9 Å². The summed E-state index contributed by atoms with van der Waals surface area (Å²) in [6.07, 6.45) is 1.30. The first kappa shape index (κ1) is 22.4. The van der Waals surface area contributed by atoms with Gasteiger partial charge in [-0.1, -0.05) is 61.8 Å². The zero-order chi connectivity index (χ0) is 23.9. The zero-order valence-corrected chi connectivity index (χ0v) is 20.0. The fourth-order valence-electron chi connectivity index (χ4n) is 5.03. The summed E-state index contributed by atoms with van der Waals surface area (Å²) in [5, 5.41) is 0.584. The largest absolute Gasteiger partial charge is 0.457 e. The molecule has 0 radical (unpaired) electrons. The third-order valence-electron chi connectivity index (χ3n) is 6.50. The molecular weight excluding hydrogens is 446 g/mol. The van der Waals surface area contributed by atoms with Crippen molar-refractivity contribution in [2.75, 3.05) is 4.90 Å². The Kier molecular flexibility index (Phi) is 5.78. The van der Waals surface area contributed by atoms with Gasteiger partial charge in [0.2, 0.25) is 5.91 Å². The predicted molar refractivity (Wildman–Crippen MR) is 134 cm³/mol. The van der Waals surface area contributed by atoms with Crippen molar-refractivity contribution in [2.24, 2.45) is 5.41 Å². The molecule has 0 bridgehead atoms. The maximum atomic E-state index is 13.5. The number of amides is 1. The second kappa shape index (κ2) is 8.77. The van der Waals surface area contributed by atoms with Crippen LogP contribution in [0.4, 0.5) is 5.69 Å². The van der Waals surface area contributed by atoms with Gasteiger partial charge in [0.15, 0.2) is 5.78 Å². The number of para-hydroxylation sites is 1. The Labute approximate surface area is 204 Å². The number of anilines is 1. The average molecular weight is 472 g/mol. The van der Waals surface area contributed by atoms with Crippen LogP contribution in [0.1, 0.15) is 44.6 Å². The number of halogens is 1. The van der Waals surface area contributed by atoms with Crippen molar-refractivity contribution in [3.05, 3.63) is 101 Å². The molecule has 3 aromatic rings. The number of hydrogen-bond donors (Lipinski definition) is 0. The van der Waals surface area contributed by atoms with Gasteiger partial charge in [0.25, 0.3) is 0 Å². The molecule has 0 saturated heterocycles. The fraction of sp³-hybridized carbons (Fsp3) is 0.241.